The Hall–Kier alpha value is -4.72. The van der Waals surface area contributed by atoms with Crippen molar-refractivity contribution >= 4 is 23.0 Å². The molecule has 0 saturated carbocycles. The van der Waals surface area contributed by atoms with E-state index in [2.05, 4.69) is 42.2 Å². The fourth-order valence-electron chi connectivity index (χ4n) is 6.01. The van der Waals surface area contributed by atoms with Gasteiger partial charge < -0.3 is 24.0 Å². The Kier molecular flexibility index (Phi) is 9.15. The molecule has 0 bridgehead atoms. The molecular weight excluding hydrogens is 634 g/mol. The normalized spacial score (nSPS) is 20.3. The number of halogens is 1. The van der Waals surface area contributed by atoms with Gasteiger partial charge >= 0.3 is 5.69 Å². The van der Waals surface area contributed by atoms with Crippen LogP contribution in [0.15, 0.2) is 90.4 Å². The zero-order chi connectivity index (χ0) is 33.1. The van der Waals surface area contributed by atoms with Gasteiger partial charge in [-0.1, -0.05) is 30.7 Å². The molecule has 2 aromatic carbocycles. The first kappa shape index (κ1) is 31.9. The summed E-state index contributed by atoms with van der Waals surface area (Å²) >= 11 is 6.13. The van der Waals surface area contributed by atoms with Crippen molar-refractivity contribution in [2.45, 2.75) is 44.7 Å². The number of hydrogen-bond donors (Lipinski definition) is 0. The van der Waals surface area contributed by atoms with Gasteiger partial charge in [0.05, 0.1) is 36.9 Å². The van der Waals surface area contributed by atoms with Gasteiger partial charge in [0.1, 0.15) is 37.2 Å². The smallest absolute Gasteiger partial charge is 0.351 e. The lowest BCUT2D eigenvalue weighted by atomic mass is 10.1. The van der Waals surface area contributed by atoms with Crippen LogP contribution in [0, 0.1) is 0 Å². The van der Waals surface area contributed by atoms with Crippen molar-refractivity contribution in [3.05, 3.63) is 107 Å². The summed E-state index contributed by atoms with van der Waals surface area (Å²) < 4.78 is 21.8. The maximum absolute atomic E-state index is 12.8. The second-order valence-electron chi connectivity index (χ2n) is 12.0. The SMILES string of the molecule is CCC(C)n1ncn(-c2ccc(N3CCN(c4ccc(OCC5COC(Cn6nccn6)(c6ccc(Cl)cc6)O5)cc4)CC3)cn2)c1=O. The third-order valence-corrected chi connectivity index (χ3v) is 9.18. The van der Waals surface area contributed by atoms with Crippen LogP contribution >= 0.6 is 11.6 Å². The lowest BCUT2D eigenvalue weighted by molar-refractivity contribution is -0.192. The molecule has 7 rings (SSSR count). The number of ether oxygens (including phenoxy) is 3. The minimum atomic E-state index is -1.04. The molecule has 0 amide bonds. The van der Waals surface area contributed by atoms with E-state index in [9.17, 15) is 4.79 Å². The van der Waals surface area contributed by atoms with Gasteiger partial charge in [0.2, 0.25) is 5.79 Å². The van der Waals surface area contributed by atoms with E-state index < -0.39 is 5.79 Å². The van der Waals surface area contributed by atoms with E-state index in [1.165, 1.54) is 15.6 Å². The van der Waals surface area contributed by atoms with Crippen molar-refractivity contribution in [3.8, 4) is 11.6 Å². The maximum Gasteiger partial charge on any atom is 0.351 e. The summed E-state index contributed by atoms with van der Waals surface area (Å²) in [4.78, 5) is 23.6. The van der Waals surface area contributed by atoms with Crippen LogP contribution in [0.1, 0.15) is 31.9 Å². The first-order valence-corrected chi connectivity index (χ1v) is 16.6. The molecule has 13 nitrogen and oxygen atoms in total. The molecule has 5 aromatic rings. The summed E-state index contributed by atoms with van der Waals surface area (Å²) in [5.41, 5.74) is 2.84. The van der Waals surface area contributed by atoms with Crippen LogP contribution in [-0.2, 0) is 21.8 Å². The Morgan fingerprint density at radius 3 is 2.29 bits per heavy atom. The summed E-state index contributed by atoms with van der Waals surface area (Å²) in [5, 5.41) is 13.4. The molecule has 0 aliphatic carbocycles. The fraction of sp³-hybridized carbons (Fsp3) is 0.382. The minimum absolute atomic E-state index is 0.0408. The predicted molar refractivity (Wildman–Crippen MR) is 181 cm³/mol. The minimum Gasteiger partial charge on any atom is -0.491 e. The molecule has 2 saturated heterocycles. The molecule has 0 radical (unpaired) electrons. The van der Waals surface area contributed by atoms with Crippen LogP contribution in [0.25, 0.3) is 5.82 Å². The first-order chi connectivity index (χ1) is 23.4. The number of pyridine rings is 1. The molecule has 0 spiro atoms. The molecular formula is C34H38ClN9O4. The molecule has 14 heteroatoms. The summed E-state index contributed by atoms with van der Waals surface area (Å²) in [6.45, 7) is 8.47. The summed E-state index contributed by atoms with van der Waals surface area (Å²) in [6.07, 6.45) is 7.17. The summed E-state index contributed by atoms with van der Waals surface area (Å²) in [5.74, 6) is 0.288. The second-order valence-corrected chi connectivity index (χ2v) is 12.4. The molecule has 3 atom stereocenters. The van der Waals surface area contributed by atoms with E-state index >= 15 is 0 Å². The highest BCUT2D eigenvalue weighted by molar-refractivity contribution is 6.30. The zero-order valence-electron chi connectivity index (χ0n) is 26.9. The van der Waals surface area contributed by atoms with E-state index in [0.717, 1.165) is 55.3 Å². The van der Waals surface area contributed by atoms with E-state index in [4.69, 9.17) is 25.8 Å². The monoisotopic (exact) mass is 671 g/mol. The average Bonchev–Trinajstić information content (AvgIpc) is 3.89. The van der Waals surface area contributed by atoms with E-state index in [1.807, 2.05) is 68.6 Å². The van der Waals surface area contributed by atoms with Gasteiger partial charge in [-0.2, -0.15) is 20.1 Å². The highest BCUT2D eigenvalue weighted by Crippen LogP contribution is 2.36. The molecule has 250 valence electrons. The number of aromatic nitrogens is 7. The van der Waals surface area contributed by atoms with E-state index in [1.54, 1.807) is 17.2 Å². The third kappa shape index (κ3) is 6.66. The van der Waals surface area contributed by atoms with E-state index in [-0.39, 0.29) is 17.8 Å². The predicted octanol–water partition coefficient (Wildman–Crippen LogP) is 4.32. The van der Waals surface area contributed by atoms with Crippen molar-refractivity contribution in [2.24, 2.45) is 0 Å². The quantitative estimate of drug-likeness (QED) is 0.201. The van der Waals surface area contributed by atoms with Gasteiger partial charge in [-0.25, -0.2) is 19.0 Å². The topological polar surface area (TPSA) is 118 Å². The Bertz CT molecular complexity index is 1840. The van der Waals surface area contributed by atoms with Crippen LogP contribution in [0.2, 0.25) is 5.02 Å². The van der Waals surface area contributed by atoms with Crippen LogP contribution in [0.3, 0.4) is 0 Å². The number of rotatable bonds is 11. The molecule has 2 fully saturated rings. The number of piperazine rings is 1. The van der Waals surface area contributed by atoms with Crippen molar-refractivity contribution in [3.63, 3.8) is 0 Å². The van der Waals surface area contributed by atoms with Crippen molar-refractivity contribution in [1.29, 1.82) is 0 Å². The number of nitrogens with zero attached hydrogens (tertiary/aromatic N) is 9. The fourth-order valence-corrected chi connectivity index (χ4v) is 6.14. The summed E-state index contributed by atoms with van der Waals surface area (Å²) in [7, 11) is 0. The lowest BCUT2D eigenvalue weighted by Gasteiger charge is -2.37. The van der Waals surface area contributed by atoms with Gasteiger partial charge in [-0.15, -0.1) is 0 Å². The Morgan fingerprint density at radius 2 is 1.62 bits per heavy atom. The van der Waals surface area contributed by atoms with Gasteiger partial charge in [0, 0.05) is 42.5 Å². The molecule has 3 aromatic heterocycles. The van der Waals surface area contributed by atoms with Gasteiger partial charge in [0.25, 0.3) is 0 Å². The highest BCUT2D eigenvalue weighted by Gasteiger charge is 2.44. The Morgan fingerprint density at radius 1 is 0.938 bits per heavy atom. The van der Waals surface area contributed by atoms with Crippen molar-refractivity contribution in [1.82, 2.24) is 34.3 Å². The molecule has 0 N–H and O–H groups in total. The van der Waals surface area contributed by atoms with Gasteiger partial charge in [-0.3, -0.25) is 0 Å². The molecule has 2 aliphatic rings. The Labute approximate surface area is 283 Å². The number of anilines is 2. The van der Waals surface area contributed by atoms with Gasteiger partial charge in [-0.05, 0) is 61.9 Å². The molecule has 3 unspecified atom stereocenters. The van der Waals surface area contributed by atoms with Crippen LogP contribution in [-0.4, -0.2) is 79.8 Å². The van der Waals surface area contributed by atoms with E-state index in [0.29, 0.717) is 30.6 Å². The number of benzene rings is 2. The van der Waals surface area contributed by atoms with Crippen LogP contribution in [0.5, 0.6) is 5.75 Å². The van der Waals surface area contributed by atoms with Gasteiger partial charge in [0.15, 0.2) is 0 Å². The van der Waals surface area contributed by atoms with Crippen molar-refractivity contribution in [2.75, 3.05) is 49.2 Å². The molecule has 48 heavy (non-hydrogen) atoms. The average molecular weight is 672 g/mol. The van der Waals surface area contributed by atoms with Crippen LogP contribution < -0.4 is 20.2 Å². The molecule has 2 aliphatic heterocycles. The van der Waals surface area contributed by atoms with Crippen molar-refractivity contribution < 1.29 is 14.2 Å². The summed E-state index contributed by atoms with van der Waals surface area (Å²) in [6, 6.07) is 19.5. The first-order valence-electron chi connectivity index (χ1n) is 16.2. The number of hydrogen-bond acceptors (Lipinski definition) is 10. The Balaban J connectivity index is 0.916. The largest absolute Gasteiger partial charge is 0.491 e. The standard InChI is InChI=1S/C34H38ClN9O4/c1-3-25(2)44-33(45)42(24-39-44)32-13-10-29(20-36-32)41-18-16-40(17-19-41)28-8-11-30(12-9-28)46-21-31-22-47-34(48-31,23-43-37-14-15-38-43)26-4-6-27(35)7-5-26/h4-15,20,24-25,31H,3,16-19,21-23H2,1-2H3. The second kappa shape index (κ2) is 13.8. The highest BCUT2D eigenvalue weighted by atomic mass is 35.5. The maximum atomic E-state index is 12.8. The lowest BCUT2D eigenvalue weighted by Crippen LogP contribution is -2.46. The molecule has 5 heterocycles. The third-order valence-electron chi connectivity index (χ3n) is 8.92. The van der Waals surface area contributed by atoms with Crippen LogP contribution in [0.4, 0.5) is 11.4 Å². The zero-order valence-corrected chi connectivity index (χ0v) is 27.7.